The fraction of sp³-hybridized carbons (Fsp3) is 0.105. The molecule has 0 radical (unpaired) electrons. The number of fused-ring (bicyclic) bond motifs is 1. The van der Waals surface area contributed by atoms with E-state index in [0.717, 1.165) is 22.4 Å². The van der Waals surface area contributed by atoms with Gasteiger partial charge in [-0.1, -0.05) is 23.7 Å². The highest BCUT2D eigenvalue weighted by Crippen LogP contribution is 2.28. The molecular formula is C19H15ClN4O. The van der Waals surface area contributed by atoms with Crippen molar-refractivity contribution in [3.05, 3.63) is 71.0 Å². The molecule has 4 rings (SSSR count). The van der Waals surface area contributed by atoms with Crippen molar-refractivity contribution in [1.82, 2.24) is 19.7 Å². The maximum absolute atomic E-state index is 6.00. The molecule has 0 unspecified atom stereocenters. The van der Waals surface area contributed by atoms with Crippen LogP contribution in [0.4, 0.5) is 0 Å². The van der Waals surface area contributed by atoms with Crippen LogP contribution in [0.1, 0.15) is 11.4 Å². The Morgan fingerprint density at radius 2 is 1.60 bits per heavy atom. The van der Waals surface area contributed by atoms with Crippen LogP contribution in [0.2, 0.25) is 5.02 Å². The molecule has 4 aromatic rings. The van der Waals surface area contributed by atoms with Crippen molar-refractivity contribution in [3.8, 4) is 17.4 Å². The maximum Gasteiger partial charge on any atom is 0.266 e. The van der Waals surface area contributed by atoms with Gasteiger partial charge in [-0.05, 0) is 56.3 Å². The minimum atomic E-state index is 0.396. The Bertz CT molecular complexity index is 1060. The van der Waals surface area contributed by atoms with Gasteiger partial charge < -0.3 is 4.74 Å². The summed E-state index contributed by atoms with van der Waals surface area (Å²) in [7, 11) is 0. The van der Waals surface area contributed by atoms with E-state index >= 15 is 0 Å². The van der Waals surface area contributed by atoms with Gasteiger partial charge in [0.05, 0.1) is 16.7 Å². The van der Waals surface area contributed by atoms with Crippen LogP contribution in [0.25, 0.3) is 16.9 Å². The molecule has 0 atom stereocenters. The zero-order valence-electron chi connectivity index (χ0n) is 13.8. The second kappa shape index (κ2) is 6.18. The number of ether oxygens (including phenoxy) is 1. The van der Waals surface area contributed by atoms with Crippen LogP contribution in [0.3, 0.4) is 0 Å². The van der Waals surface area contributed by atoms with E-state index in [1.807, 2.05) is 44.2 Å². The number of rotatable bonds is 3. The largest absolute Gasteiger partial charge is 0.436 e. The first-order chi connectivity index (χ1) is 12.1. The number of hydrogen-bond acceptors (Lipinski definition) is 4. The minimum absolute atomic E-state index is 0.396. The van der Waals surface area contributed by atoms with E-state index < -0.39 is 0 Å². The number of benzene rings is 2. The van der Waals surface area contributed by atoms with E-state index in [0.29, 0.717) is 22.5 Å². The van der Waals surface area contributed by atoms with Gasteiger partial charge in [-0.25, -0.2) is 14.6 Å². The van der Waals surface area contributed by atoms with Gasteiger partial charge in [-0.15, -0.1) is 0 Å². The van der Waals surface area contributed by atoms with Crippen LogP contribution in [0, 0.1) is 13.8 Å². The lowest BCUT2D eigenvalue weighted by Crippen LogP contribution is -2.06. The predicted octanol–water partition coefficient (Wildman–Crippen LogP) is 4.88. The molecule has 0 aliphatic heterocycles. The zero-order chi connectivity index (χ0) is 17.4. The third kappa shape index (κ3) is 3.06. The third-order valence-corrected chi connectivity index (χ3v) is 4.01. The summed E-state index contributed by atoms with van der Waals surface area (Å²) in [6.07, 6.45) is 0. The van der Waals surface area contributed by atoms with Gasteiger partial charge >= 0.3 is 0 Å². The van der Waals surface area contributed by atoms with Crippen molar-refractivity contribution in [3.63, 3.8) is 0 Å². The summed E-state index contributed by atoms with van der Waals surface area (Å²) in [4.78, 5) is 9.36. The van der Waals surface area contributed by atoms with Crippen LogP contribution in [-0.4, -0.2) is 19.7 Å². The normalized spacial score (nSPS) is 11.0. The monoisotopic (exact) mass is 350 g/mol. The fourth-order valence-corrected chi connectivity index (χ4v) is 2.76. The van der Waals surface area contributed by atoms with Crippen molar-refractivity contribution in [1.29, 1.82) is 0 Å². The summed E-state index contributed by atoms with van der Waals surface area (Å²) in [5, 5.41) is 5.17. The quantitative estimate of drug-likeness (QED) is 0.528. The first-order valence-corrected chi connectivity index (χ1v) is 8.22. The summed E-state index contributed by atoms with van der Waals surface area (Å²) in [6, 6.07) is 16.8. The smallest absolute Gasteiger partial charge is 0.266 e. The molecule has 0 amide bonds. The van der Waals surface area contributed by atoms with Crippen molar-refractivity contribution in [2.45, 2.75) is 13.8 Å². The standard InChI is InChI=1S/C19H15ClN4O/c1-12-11-13(2)24(23-12)18-19(25-15-9-7-14(20)8-10-15)22-17-6-4-3-5-16(17)21-18/h3-11H,1-2H3. The molecule has 5 nitrogen and oxygen atoms in total. The van der Waals surface area contributed by atoms with Crippen LogP contribution in [-0.2, 0) is 0 Å². The van der Waals surface area contributed by atoms with E-state index in [1.54, 1.807) is 28.9 Å². The highest BCUT2D eigenvalue weighted by Gasteiger charge is 2.16. The van der Waals surface area contributed by atoms with Gasteiger partial charge in [0.15, 0.2) is 0 Å². The lowest BCUT2D eigenvalue weighted by atomic mass is 10.3. The van der Waals surface area contributed by atoms with Gasteiger partial charge in [0.25, 0.3) is 5.88 Å². The zero-order valence-corrected chi connectivity index (χ0v) is 14.5. The molecule has 2 aromatic carbocycles. The van der Waals surface area contributed by atoms with Crippen molar-refractivity contribution in [2.24, 2.45) is 0 Å². The summed E-state index contributed by atoms with van der Waals surface area (Å²) in [5.41, 5.74) is 3.41. The minimum Gasteiger partial charge on any atom is -0.436 e. The van der Waals surface area contributed by atoms with Gasteiger partial charge in [0.1, 0.15) is 5.75 Å². The van der Waals surface area contributed by atoms with E-state index in [-0.39, 0.29) is 0 Å². The number of hydrogen-bond donors (Lipinski definition) is 0. The molecule has 0 saturated carbocycles. The highest BCUT2D eigenvalue weighted by atomic mass is 35.5. The van der Waals surface area contributed by atoms with E-state index in [2.05, 4.69) is 10.1 Å². The topological polar surface area (TPSA) is 52.8 Å². The highest BCUT2D eigenvalue weighted by molar-refractivity contribution is 6.30. The Balaban J connectivity index is 1.89. The van der Waals surface area contributed by atoms with Crippen LogP contribution in [0.15, 0.2) is 54.6 Å². The van der Waals surface area contributed by atoms with Crippen molar-refractivity contribution in [2.75, 3.05) is 0 Å². The SMILES string of the molecule is Cc1cc(C)n(-c2nc3ccccc3nc2Oc2ccc(Cl)cc2)n1. The Labute approximate surface area is 149 Å². The van der Waals surface area contributed by atoms with E-state index in [4.69, 9.17) is 21.3 Å². The van der Waals surface area contributed by atoms with Crippen LogP contribution < -0.4 is 4.74 Å². The molecule has 2 aromatic heterocycles. The van der Waals surface area contributed by atoms with Gasteiger partial charge in [-0.3, -0.25) is 0 Å². The third-order valence-electron chi connectivity index (χ3n) is 3.76. The Morgan fingerprint density at radius 3 is 2.24 bits per heavy atom. The second-order valence-electron chi connectivity index (χ2n) is 5.74. The van der Waals surface area contributed by atoms with E-state index in [1.165, 1.54) is 0 Å². The maximum atomic E-state index is 6.00. The van der Waals surface area contributed by atoms with Crippen LogP contribution >= 0.6 is 11.6 Å². The van der Waals surface area contributed by atoms with Crippen LogP contribution in [0.5, 0.6) is 11.6 Å². The number of aromatic nitrogens is 4. The molecular weight excluding hydrogens is 336 g/mol. The fourth-order valence-electron chi connectivity index (χ4n) is 2.64. The average Bonchev–Trinajstić information content (AvgIpc) is 2.94. The average molecular weight is 351 g/mol. The Morgan fingerprint density at radius 1 is 0.920 bits per heavy atom. The molecule has 0 spiro atoms. The lowest BCUT2D eigenvalue weighted by molar-refractivity contribution is 0.457. The number of para-hydroxylation sites is 2. The van der Waals surface area contributed by atoms with E-state index in [9.17, 15) is 0 Å². The Kier molecular flexibility index (Phi) is 3.86. The van der Waals surface area contributed by atoms with Crippen molar-refractivity contribution < 1.29 is 4.74 Å². The molecule has 0 bridgehead atoms. The molecule has 6 heteroatoms. The molecule has 0 aliphatic rings. The molecule has 0 fully saturated rings. The number of halogens is 1. The Hall–Kier alpha value is -2.92. The molecule has 0 aliphatic carbocycles. The van der Waals surface area contributed by atoms with Gasteiger partial charge in [0.2, 0.25) is 5.82 Å². The molecule has 2 heterocycles. The van der Waals surface area contributed by atoms with Crippen molar-refractivity contribution >= 4 is 22.6 Å². The molecule has 0 N–H and O–H groups in total. The second-order valence-corrected chi connectivity index (χ2v) is 6.17. The number of aryl methyl sites for hydroxylation is 2. The number of nitrogens with zero attached hydrogens (tertiary/aromatic N) is 4. The molecule has 124 valence electrons. The summed E-state index contributed by atoms with van der Waals surface area (Å²) >= 11 is 5.95. The van der Waals surface area contributed by atoms with Gasteiger partial charge in [-0.2, -0.15) is 5.10 Å². The summed E-state index contributed by atoms with van der Waals surface area (Å²) in [5.74, 6) is 1.59. The first kappa shape index (κ1) is 15.6. The predicted molar refractivity (Wildman–Crippen MR) is 97.7 cm³/mol. The summed E-state index contributed by atoms with van der Waals surface area (Å²) in [6.45, 7) is 3.92. The lowest BCUT2D eigenvalue weighted by Gasteiger charge is -2.12. The van der Waals surface area contributed by atoms with Gasteiger partial charge in [0, 0.05) is 10.7 Å². The first-order valence-electron chi connectivity index (χ1n) is 7.84. The molecule has 0 saturated heterocycles. The summed E-state index contributed by atoms with van der Waals surface area (Å²) < 4.78 is 7.75. The molecule has 25 heavy (non-hydrogen) atoms.